The van der Waals surface area contributed by atoms with E-state index in [1.165, 1.54) is 0 Å². The summed E-state index contributed by atoms with van der Waals surface area (Å²) >= 11 is 1.58. The first-order valence-corrected chi connectivity index (χ1v) is 12.7. The number of aromatic nitrogens is 3. The minimum Gasteiger partial charge on any atom is -0.466 e. The fourth-order valence-corrected chi connectivity index (χ4v) is 5.01. The van der Waals surface area contributed by atoms with Crippen molar-refractivity contribution in [3.05, 3.63) is 48.2 Å². The molecule has 9 heteroatoms. The minimum atomic E-state index is -0.141. The Bertz CT molecular complexity index is 1100. The van der Waals surface area contributed by atoms with Crippen molar-refractivity contribution in [3.63, 3.8) is 0 Å². The van der Waals surface area contributed by atoms with Gasteiger partial charge in [0.1, 0.15) is 0 Å². The van der Waals surface area contributed by atoms with Gasteiger partial charge in [0.25, 0.3) is 0 Å². The Hall–Kier alpha value is -3.07. The lowest BCUT2D eigenvalue weighted by molar-refractivity contribution is -0.151. The SMILES string of the molecule is CCOC(=O)C1CCN(C(=O)CCCSc2nnc(-c3ccco3)n2-c2ccccc2C)CC1. The molecule has 4 rings (SSSR count). The van der Waals surface area contributed by atoms with E-state index in [0.717, 1.165) is 28.6 Å². The third-order valence-corrected chi connectivity index (χ3v) is 6.98. The summed E-state index contributed by atoms with van der Waals surface area (Å²) in [6.07, 6.45) is 4.18. The van der Waals surface area contributed by atoms with Gasteiger partial charge in [0, 0.05) is 25.3 Å². The normalized spacial score (nSPS) is 14.4. The van der Waals surface area contributed by atoms with Crippen LogP contribution in [0, 0.1) is 12.8 Å². The van der Waals surface area contributed by atoms with E-state index >= 15 is 0 Å². The number of hydrogen-bond donors (Lipinski definition) is 0. The van der Waals surface area contributed by atoms with E-state index in [9.17, 15) is 9.59 Å². The Kier molecular flexibility index (Phi) is 8.05. The fraction of sp³-hybridized carbons (Fsp3) is 0.440. The van der Waals surface area contributed by atoms with Crippen LogP contribution in [0.3, 0.4) is 0 Å². The summed E-state index contributed by atoms with van der Waals surface area (Å²) < 4.78 is 12.7. The van der Waals surface area contributed by atoms with Crippen molar-refractivity contribution < 1.29 is 18.7 Å². The zero-order valence-corrected chi connectivity index (χ0v) is 20.4. The molecular weight excluding hydrogens is 452 g/mol. The largest absolute Gasteiger partial charge is 0.466 e. The third kappa shape index (κ3) is 5.52. The van der Waals surface area contributed by atoms with Crippen LogP contribution in [0.1, 0.15) is 38.2 Å². The number of ether oxygens (including phenoxy) is 1. The number of para-hydroxylation sites is 1. The maximum Gasteiger partial charge on any atom is 0.309 e. The van der Waals surface area contributed by atoms with Crippen molar-refractivity contribution in [2.45, 2.75) is 44.7 Å². The lowest BCUT2D eigenvalue weighted by atomic mass is 9.97. The van der Waals surface area contributed by atoms with Crippen molar-refractivity contribution in [3.8, 4) is 17.3 Å². The molecule has 2 aromatic heterocycles. The summed E-state index contributed by atoms with van der Waals surface area (Å²) in [4.78, 5) is 26.4. The van der Waals surface area contributed by atoms with Gasteiger partial charge in [0.15, 0.2) is 10.9 Å². The number of furan rings is 1. The molecule has 0 radical (unpaired) electrons. The Morgan fingerprint density at radius 3 is 2.65 bits per heavy atom. The van der Waals surface area contributed by atoms with Crippen molar-refractivity contribution >= 4 is 23.6 Å². The number of carbonyl (C=O) groups is 2. The molecule has 1 fully saturated rings. The van der Waals surface area contributed by atoms with Crippen molar-refractivity contribution in [1.29, 1.82) is 0 Å². The average molecular weight is 483 g/mol. The third-order valence-electron chi connectivity index (χ3n) is 5.97. The van der Waals surface area contributed by atoms with Gasteiger partial charge in [-0.1, -0.05) is 30.0 Å². The van der Waals surface area contributed by atoms with E-state index in [-0.39, 0.29) is 17.8 Å². The predicted octanol–water partition coefficient (Wildman–Crippen LogP) is 4.51. The molecule has 8 nitrogen and oxygen atoms in total. The maximum atomic E-state index is 12.7. The molecule has 0 N–H and O–H groups in total. The average Bonchev–Trinajstić information content (AvgIpc) is 3.52. The van der Waals surface area contributed by atoms with Gasteiger partial charge in [-0.3, -0.25) is 14.2 Å². The Labute approximate surface area is 203 Å². The summed E-state index contributed by atoms with van der Waals surface area (Å²) in [6, 6.07) is 11.8. The van der Waals surface area contributed by atoms with Crippen molar-refractivity contribution in [2.75, 3.05) is 25.4 Å². The molecule has 0 atom stereocenters. The van der Waals surface area contributed by atoms with Crippen LogP contribution in [0.2, 0.25) is 0 Å². The van der Waals surface area contributed by atoms with Gasteiger partial charge in [-0.25, -0.2) is 0 Å². The highest BCUT2D eigenvalue weighted by Gasteiger charge is 2.28. The van der Waals surface area contributed by atoms with Gasteiger partial charge in [-0.2, -0.15) is 0 Å². The molecule has 1 aliphatic rings. The van der Waals surface area contributed by atoms with Gasteiger partial charge >= 0.3 is 5.97 Å². The number of rotatable bonds is 9. The lowest BCUT2D eigenvalue weighted by Crippen LogP contribution is -2.40. The van der Waals surface area contributed by atoms with Crippen molar-refractivity contribution in [1.82, 2.24) is 19.7 Å². The van der Waals surface area contributed by atoms with Crippen LogP contribution in [-0.2, 0) is 14.3 Å². The zero-order chi connectivity index (χ0) is 23.9. The van der Waals surface area contributed by atoms with E-state index in [0.29, 0.717) is 50.5 Å². The molecule has 1 aromatic carbocycles. The van der Waals surface area contributed by atoms with Crippen LogP contribution in [0.4, 0.5) is 0 Å². The Morgan fingerprint density at radius 1 is 1.15 bits per heavy atom. The molecular formula is C25H30N4O4S. The smallest absolute Gasteiger partial charge is 0.309 e. The molecule has 34 heavy (non-hydrogen) atoms. The van der Waals surface area contributed by atoms with E-state index in [4.69, 9.17) is 9.15 Å². The maximum absolute atomic E-state index is 12.7. The summed E-state index contributed by atoms with van der Waals surface area (Å²) in [7, 11) is 0. The van der Waals surface area contributed by atoms with Gasteiger partial charge in [-0.15, -0.1) is 10.2 Å². The Morgan fingerprint density at radius 2 is 1.94 bits per heavy atom. The van der Waals surface area contributed by atoms with Crippen LogP contribution >= 0.6 is 11.8 Å². The second-order valence-corrected chi connectivity index (χ2v) is 9.33. The van der Waals surface area contributed by atoms with Crippen LogP contribution in [-0.4, -0.2) is 57.0 Å². The first-order chi connectivity index (χ1) is 16.6. The summed E-state index contributed by atoms with van der Waals surface area (Å²) in [5.41, 5.74) is 2.11. The zero-order valence-electron chi connectivity index (χ0n) is 19.6. The van der Waals surface area contributed by atoms with E-state index in [1.54, 1.807) is 18.0 Å². The number of carbonyl (C=O) groups excluding carboxylic acids is 2. The lowest BCUT2D eigenvalue weighted by Gasteiger charge is -2.31. The molecule has 1 amide bonds. The van der Waals surface area contributed by atoms with E-state index < -0.39 is 0 Å². The van der Waals surface area contributed by atoms with Gasteiger partial charge in [0.05, 0.1) is 24.5 Å². The van der Waals surface area contributed by atoms with Gasteiger partial charge in [-0.05, 0) is 56.9 Å². The Balaban J connectivity index is 1.34. The number of aryl methyl sites for hydroxylation is 1. The molecule has 0 saturated carbocycles. The van der Waals surface area contributed by atoms with Crippen LogP contribution in [0.25, 0.3) is 17.3 Å². The number of benzene rings is 1. The number of hydrogen-bond acceptors (Lipinski definition) is 7. The number of esters is 1. The van der Waals surface area contributed by atoms with E-state index in [2.05, 4.69) is 23.2 Å². The first-order valence-electron chi connectivity index (χ1n) is 11.7. The van der Waals surface area contributed by atoms with Crippen LogP contribution < -0.4 is 0 Å². The highest BCUT2D eigenvalue weighted by molar-refractivity contribution is 7.99. The summed E-state index contributed by atoms with van der Waals surface area (Å²) in [5, 5.41) is 9.56. The number of amides is 1. The van der Waals surface area contributed by atoms with Crippen LogP contribution in [0.15, 0.2) is 52.2 Å². The number of thioether (sulfide) groups is 1. The number of likely N-dealkylation sites (tertiary alicyclic amines) is 1. The molecule has 180 valence electrons. The molecule has 0 unspecified atom stereocenters. The van der Waals surface area contributed by atoms with Crippen molar-refractivity contribution in [2.24, 2.45) is 5.92 Å². The molecule has 1 saturated heterocycles. The van der Waals surface area contributed by atoms with Crippen LogP contribution in [0.5, 0.6) is 0 Å². The molecule has 3 aromatic rings. The second-order valence-electron chi connectivity index (χ2n) is 8.26. The molecule has 0 bridgehead atoms. The highest BCUT2D eigenvalue weighted by atomic mass is 32.2. The topological polar surface area (TPSA) is 90.5 Å². The first kappa shape index (κ1) is 24.1. The summed E-state index contributed by atoms with van der Waals surface area (Å²) in [6.45, 7) is 5.50. The summed E-state index contributed by atoms with van der Waals surface area (Å²) in [5.74, 6) is 1.96. The highest BCUT2D eigenvalue weighted by Crippen LogP contribution is 2.30. The standard InChI is InChI=1S/C25H30N4O4S/c1-3-32-24(31)19-12-14-28(15-13-19)22(30)11-7-17-34-25-27-26-23(21-10-6-16-33-21)29(25)20-9-5-4-8-18(20)2/h4-6,8-10,16,19H,3,7,11-15,17H2,1-2H3. The quantitative estimate of drug-likeness (QED) is 0.252. The monoisotopic (exact) mass is 482 g/mol. The molecule has 1 aliphatic heterocycles. The fourth-order valence-electron chi connectivity index (χ4n) is 4.13. The van der Waals surface area contributed by atoms with Gasteiger partial charge in [0.2, 0.25) is 11.7 Å². The van der Waals surface area contributed by atoms with E-state index in [1.807, 2.05) is 46.7 Å². The minimum absolute atomic E-state index is 0.0873. The molecule has 0 spiro atoms. The number of piperidine rings is 1. The van der Waals surface area contributed by atoms with Gasteiger partial charge < -0.3 is 14.1 Å². The molecule has 3 heterocycles. The molecule has 0 aliphatic carbocycles. The number of nitrogens with zero attached hydrogens (tertiary/aromatic N) is 4. The predicted molar refractivity (Wildman–Crippen MR) is 130 cm³/mol. The second kappa shape index (κ2) is 11.4.